The van der Waals surface area contributed by atoms with Crippen LogP contribution < -0.4 is 14.8 Å². The van der Waals surface area contributed by atoms with Crippen LogP contribution in [0.25, 0.3) is 0 Å². The molecule has 1 amide bonds. The minimum Gasteiger partial charge on any atom is -0.493 e. The van der Waals surface area contributed by atoms with Gasteiger partial charge in [0.05, 0.1) is 11.1 Å². The summed E-state index contributed by atoms with van der Waals surface area (Å²) in [7, 11) is 0. The number of nitrogens with zero attached hydrogens (tertiary/aromatic N) is 1. The SMILES string of the molecule is O=C(NCC1COc2ccccc2C1)c1cccnc1Oc1ccc(F)cc1Br. The fraction of sp³-hybridized carbons (Fsp3) is 0.182. The van der Waals surface area contributed by atoms with Crippen LogP contribution in [0.15, 0.2) is 65.3 Å². The first-order valence-electron chi connectivity index (χ1n) is 9.17. The Morgan fingerprint density at radius 2 is 2.10 bits per heavy atom. The Kier molecular flexibility index (Phi) is 5.76. The van der Waals surface area contributed by atoms with E-state index < -0.39 is 0 Å². The second-order valence-corrected chi connectivity index (χ2v) is 7.59. The fourth-order valence-corrected chi connectivity index (χ4v) is 3.59. The number of hydrogen-bond donors (Lipinski definition) is 1. The molecule has 0 radical (unpaired) electrons. The number of fused-ring (bicyclic) bond motifs is 1. The van der Waals surface area contributed by atoms with Gasteiger partial charge in [-0.2, -0.15) is 0 Å². The number of aromatic nitrogens is 1. The van der Waals surface area contributed by atoms with Gasteiger partial charge in [-0.25, -0.2) is 9.37 Å². The number of carbonyl (C=O) groups is 1. The van der Waals surface area contributed by atoms with E-state index in [1.165, 1.54) is 24.4 Å². The first kappa shape index (κ1) is 19.4. The molecule has 0 fully saturated rings. The van der Waals surface area contributed by atoms with Crippen molar-refractivity contribution in [3.05, 3.63) is 82.2 Å². The zero-order valence-corrected chi connectivity index (χ0v) is 17.0. The summed E-state index contributed by atoms with van der Waals surface area (Å²) in [5, 5.41) is 2.94. The van der Waals surface area contributed by atoms with Crippen LogP contribution in [-0.4, -0.2) is 24.0 Å². The highest BCUT2D eigenvalue weighted by atomic mass is 79.9. The molecule has 2 heterocycles. The van der Waals surface area contributed by atoms with Gasteiger partial charge in [0.25, 0.3) is 5.91 Å². The quantitative estimate of drug-likeness (QED) is 0.601. The summed E-state index contributed by atoms with van der Waals surface area (Å²) >= 11 is 3.26. The van der Waals surface area contributed by atoms with Gasteiger partial charge in [-0.05, 0) is 64.3 Å². The molecule has 5 nitrogen and oxygen atoms in total. The predicted octanol–water partition coefficient (Wildman–Crippen LogP) is 4.76. The standard InChI is InChI=1S/C22H18BrFN2O3/c23-18-11-16(24)7-8-20(18)29-22-17(5-3-9-25-22)21(27)26-12-14-10-15-4-1-2-6-19(15)28-13-14/h1-9,11,14H,10,12-13H2,(H,26,27). The molecule has 148 valence electrons. The molecule has 1 N–H and O–H groups in total. The van der Waals surface area contributed by atoms with Crippen LogP contribution in [0.3, 0.4) is 0 Å². The second kappa shape index (κ2) is 8.61. The van der Waals surface area contributed by atoms with Gasteiger partial charge in [0.1, 0.15) is 22.9 Å². The Labute approximate surface area is 176 Å². The van der Waals surface area contributed by atoms with Gasteiger partial charge in [-0.1, -0.05) is 18.2 Å². The van der Waals surface area contributed by atoms with Crippen LogP contribution in [-0.2, 0) is 6.42 Å². The maximum atomic E-state index is 13.3. The molecule has 0 spiro atoms. The highest BCUT2D eigenvalue weighted by Gasteiger charge is 2.21. The summed E-state index contributed by atoms with van der Waals surface area (Å²) in [5.74, 6) is 0.938. The van der Waals surface area contributed by atoms with E-state index in [1.54, 1.807) is 12.1 Å². The molecule has 0 bridgehead atoms. The molecule has 2 aromatic carbocycles. The number of ether oxygens (including phenoxy) is 2. The zero-order chi connectivity index (χ0) is 20.2. The van der Waals surface area contributed by atoms with Crippen molar-refractivity contribution in [2.45, 2.75) is 6.42 Å². The van der Waals surface area contributed by atoms with E-state index in [4.69, 9.17) is 9.47 Å². The van der Waals surface area contributed by atoms with Crippen molar-refractivity contribution < 1.29 is 18.7 Å². The van der Waals surface area contributed by atoms with Gasteiger partial charge in [-0.15, -0.1) is 0 Å². The Balaban J connectivity index is 1.43. The molecule has 0 saturated heterocycles. The van der Waals surface area contributed by atoms with E-state index in [-0.39, 0.29) is 23.5 Å². The molecule has 29 heavy (non-hydrogen) atoms. The van der Waals surface area contributed by atoms with Gasteiger partial charge in [0, 0.05) is 18.7 Å². The maximum absolute atomic E-state index is 13.3. The van der Waals surface area contributed by atoms with Crippen LogP contribution in [0.2, 0.25) is 0 Å². The maximum Gasteiger partial charge on any atom is 0.256 e. The summed E-state index contributed by atoms with van der Waals surface area (Å²) < 4.78 is 25.2. The molecule has 0 saturated carbocycles. The van der Waals surface area contributed by atoms with Crippen molar-refractivity contribution in [2.75, 3.05) is 13.2 Å². The van der Waals surface area contributed by atoms with Crippen LogP contribution in [0.4, 0.5) is 4.39 Å². The van der Waals surface area contributed by atoms with Crippen molar-refractivity contribution in [2.24, 2.45) is 5.92 Å². The third-order valence-corrected chi connectivity index (χ3v) is 5.24. The van der Waals surface area contributed by atoms with Crippen molar-refractivity contribution in [1.82, 2.24) is 10.3 Å². The molecule has 1 atom stereocenters. The average molecular weight is 457 g/mol. The smallest absolute Gasteiger partial charge is 0.256 e. The number of carbonyl (C=O) groups excluding carboxylic acids is 1. The topological polar surface area (TPSA) is 60.5 Å². The average Bonchev–Trinajstić information content (AvgIpc) is 2.74. The lowest BCUT2D eigenvalue weighted by atomic mass is 9.96. The normalized spacial score (nSPS) is 15.2. The molecule has 1 aromatic heterocycles. The Hall–Kier alpha value is -2.93. The number of para-hydroxylation sites is 1. The molecule has 1 unspecified atom stereocenters. The van der Waals surface area contributed by atoms with Crippen LogP contribution in [0.1, 0.15) is 15.9 Å². The number of halogens is 2. The molecule has 1 aliphatic heterocycles. The molecular weight excluding hydrogens is 439 g/mol. The van der Waals surface area contributed by atoms with E-state index in [9.17, 15) is 9.18 Å². The third-order valence-electron chi connectivity index (χ3n) is 4.62. The summed E-state index contributed by atoms with van der Waals surface area (Å²) in [4.78, 5) is 16.9. The monoisotopic (exact) mass is 456 g/mol. The number of amides is 1. The number of hydrogen-bond acceptors (Lipinski definition) is 4. The van der Waals surface area contributed by atoms with E-state index in [0.717, 1.165) is 17.7 Å². The molecule has 0 aliphatic carbocycles. The number of nitrogens with one attached hydrogen (secondary N) is 1. The zero-order valence-electron chi connectivity index (χ0n) is 15.4. The van der Waals surface area contributed by atoms with Gasteiger partial charge >= 0.3 is 0 Å². The van der Waals surface area contributed by atoms with E-state index in [2.05, 4.69) is 26.2 Å². The lowest BCUT2D eigenvalue weighted by Crippen LogP contribution is -2.35. The number of benzene rings is 2. The fourth-order valence-electron chi connectivity index (χ4n) is 3.16. The lowest BCUT2D eigenvalue weighted by Gasteiger charge is -2.25. The summed E-state index contributed by atoms with van der Waals surface area (Å²) in [6, 6.07) is 15.3. The van der Waals surface area contributed by atoms with Gasteiger partial charge in [0.2, 0.25) is 5.88 Å². The van der Waals surface area contributed by atoms with Crippen molar-refractivity contribution in [3.8, 4) is 17.4 Å². The number of pyridine rings is 1. The van der Waals surface area contributed by atoms with Crippen LogP contribution >= 0.6 is 15.9 Å². The Morgan fingerprint density at radius 3 is 2.97 bits per heavy atom. The summed E-state index contributed by atoms with van der Waals surface area (Å²) in [6.07, 6.45) is 2.38. The van der Waals surface area contributed by atoms with Crippen LogP contribution in [0, 0.1) is 11.7 Å². The largest absolute Gasteiger partial charge is 0.493 e. The third kappa shape index (κ3) is 4.56. The minimum absolute atomic E-state index is 0.155. The Bertz CT molecular complexity index is 1040. The summed E-state index contributed by atoms with van der Waals surface area (Å²) in [5.41, 5.74) is 1.45. The van der Waals surface area contributed by atoms with E-state index >= 15 is 0 Å². The second-order valence-electron chi connectivity index (χ2n) is 6.73. The van der Waals surface area contributed by atoms with Crippen LogP contribution in [0.5, 0.6) is 17.4 Å². The first-order valence-corrected chi connectivity index (χ1v) is 9.96. The highest BCUT2D eigenvalue weighted by Crippen LogP contribution is 2.31. The van der Waals surface area contributed by atoms with Gasteiger partial charge < -0.3 is 14.8 Å². The minimum atomic E-state index is -0.389. The molecule has 4 rings (SSSR count). The molecule has 1 aliphatic rings. The Morgan fingerprint density at radius 1 is 1.24 bits per heavy atom. The molecule has 3 aromatic rings. The highest BCUT2D eigenvalue weighted by molar-refractivity contribution is 9.10. The molecule has 7 heteroatoms. The van der Waals surface area contributed by atoms with Crippen molar-refractivity contribution >= 4 is 21.8 Å². The summed E-state index contributed by atoms with van der Waals surface area (Å²) in [6.45, 7) is 1.03. The molecular formula is C22H18BrFN2O3. The number of rotatable bonds is 5. The van der Waals surface area contributed by atoms with Gasteiger partial charge in [-0.3, -0.25) is 4.79 Å². The lowest BCUT2D eigenvalue weighted by molar-refractivity contribution is 0.0936. The predicted molar refractivity (Wildman–Crippen MR) is 110 cm³/mol. The first-order chi connectivity index (χ1) is 14.1. The van der Waals surface area contributed by atoms with E-state index in [0.29, 0.717) is 28.9 Å². The van der Waals surface area contributed by atoms with Crippen molar-refractivity contribution in [3.63, 3.8) is 0 Å². The van der Waals surface area contributed by atoms with Crippen molar-refractivity contribution in [1.29, 1.82) is 0 Å². The van der Waals surface area contributed by atoms with Gasteiger partial charge in [0.15, 0.2) is 0 Å². The van der Waals surface area contributed by atoms with E-state index in [1.807, 2.05) is 24.3 Å².